The summed E-state index contributed by atoms with van der Waals surface area (Å²) >= 11 is 0. The average molecular weight is 1540 g/mol. The van der Waals surface area contributed by atoms with E-state index in [1.165, 1.54) is 110 Å². The van der Waals surface area contributed by atoms with Crippen LogP contribution >= 0.6 is 0 Å². The molecule has 9 aromatic heterocycles. The average Bonchev–Trinajstić information content (AvgIpc) is 1.61. The van der Waals surface area contributed by atoms with Crippen molar-refractivity contribution in [3.05, 3.63) is 237 Å². The molecular weight excluding hydrogens is 1440 g/mol. The maximum Gasteiger partial charge on any atom is 0.150 e. The van der Waals surface area contributed by atoms with Crippen LogP contribution in [0.1, 0.15) is 132 Å². The first-order chi connectivity index (χ1) is 57.1. The molecule has 0 atom stereocenters. The fourth-order valence-corrected chi connectivity index (χ4v) is 19.0. The summed E-state index contributed by atoms with van der Waals surface area (Å²) in [4.78, 5) is 51.7. The Morgan fingerprint density at radius 3 is 1.04 bits per heavy atom. The van der Waals surface area contributed by atoms with Gasteiger partial charge in [-0.2, -0.15) is 0 Å². The van der Waals surface area contributed by atoms with Gasteiger partial charge >= 0.3 is 0 Å². The van der Waals surface area contributed by atoms with Gasteiger partial charge in [-0.25, -0.2) is 44.9 Å². The summed E-state index contributed by atoms with van der Waals surface area (Å²) in [5, 5.41) is 7.19. The SMILES string of the molecule is CN1CCN(CC2CCC(c3nc(-c4ccc5ccc(-c6ccccc6)nc5c4)c4c(N)nccn34)CC2)CC1.Nc1nccn2c(C3CCC(CN4CCOCC4)CC3)nc(-c3ccc4ccc(-c5ccccc5)nc4c3)c12.Nc1nccn2c(C3CCC(NC4CCC4)CC3)nc(-c3ccc4ccc(-c5ccccc5)nc4c3)c12. The second-order valence-corrected chi connectivity index (χ2v) is 33.3. The number of benzene rings is 6. The van der Waals surface area contributed by atoms with Crippen molar-refractivity contribution >= 4 is 66.7 Å². The third kappa shape index (κ3) is 15.8. The molecule has 0 bridgehead atoms. The number of nitrogens with two attached hydrogens (primary N) is 3. The van der Waals surface area contributed by atoms with Crippen molar-refractivity contribution in [1.29, 1.82) is 0 Å². The highest BCUT2D eigenvalue weighted by Gasteiger charge is 2.34. The van der Waals surface area contributed by atoms with Gasteiger partial charge in [0.2, 0.25) is 0 Å². The van der Waals surface area contributed by atoms with Crippen molar-refractivity contribution in [3.63, 3.8) is 0 Å². The number of piperazine rings is 1. The molecule has 11 heterocycles. The maximum absolute atomic E-state index is 6.49. The molecule has 21 rings (SSSR count). The largest absolute Gasteiger partial charge is 0.382 e. The molecule has 20 heteroatoms. The predicted octanol–water partition coefficient (Wildman–Crippen LogP) is 17.9. The number of ether oxygens (including phenoxy) is 1. The van der Waals surface area contributed by atoms with Crippen molar-refractivity contribution in [3.8, 4) is 67.5 Å². The Morgan fingerprint density at radius 1 is 0.353 bits per heavy atom. The minimum absolute atomic E-state index is 0.414. The fourth-order valence-electron chi connectivity index (χ4n) is 19.0. The van der Waals surface area contributed by atoms with Gasteiger partial charge in [0.1, 0.15) is 68.6 Å². The number of hydrogen-bond acceptors (Lipinski definition) is 17. The molecule has 4 aliphatic carbocycles. The lowest BCUT2D eigenvalue weighted by molar-refractivity contribution is 0.0273. The highest BCUT2D eigenvalue weighted by atomic mass is 16.5. The predicted molar refractivity (Wildman–Crippen MR) is 467 cm³/mol. The van der Waals surface area contributed by atoms with Crippen LogP contribution < -0.4 is 22.5 Å². The molecule has 0 amide bonds. The van der Waals surface area contributed by atoms with Gasteiger partial charge < -0.3 is 37.1 Å². The van der Waals surface area contributed by atoms with Crippen LogP contribution in [0, 0.1) is 11.8 Å². The fraction of sp³-hybridized carbons (Fsp3) is 0.344. The molecule has 588 valence electrons. The van der Waals surface area contributed by atoms with Crippen LogP contribution in [0.3, 0.4) is 0 Å². The van der Waals surface area contributed by atoms with Gasteiger partial charge in [-0.1, -0.05) is 152 Å². The van der Waals surface area contributed by atoms with Gasteiger partial charge in [-0.15, -0.1) is 0 Å². The lowest BCUT2D eigenvalue weighted by Crippen LogP contribution is -2.46. The number of nitrogen functional groups attached to an aromatic ring is 3. The summed E-state index contributed by atoms with van der Waals surface area (Å²) in [5.41, 5.74) is 36.9. The molecule has 0 spiro atoms. The van der Waals surface area contributed by atoms with Gasteiger partial charge in [0.25, 0.3) is 0 Å². The summed E-state index contributed by atoms with van der Waals surface area (Å²) in [6.45, 7) is 11.1. The number of fused-ring (bicyclic) bond motifs is 6. The molecule has 20 nitrogen and oxygen atoms in total. The van der Waals surface area contributed by atoms with E-state index in [1.54, 1.807) is 18.6 Å². The first kappa shape index (κ1) is 74.7. The van der Waals surface area contributed by atoms with E-state index in [9.17, 15) is 0 Å². The van der Waals surface area contributed by atoms with Gasteiger partial charge in [0.15, 0.2) is 0 Å². The Bertz CT molecular complexity index is 5940. The van der Waals surface area contributed by atoms with Crippen molar-refractivity contribution in [2.24, 2.45) is 11.8 Å². The van der Waals surface area contributed by atoms with E-state index in [0.717, 1.165) is 204 Å². The Balaban J connectivity index is 0.000000116. The molecule has 0 unspecified atom stereocenters. The van der Waals surface area contributed by atoms with Crippen LogP contribution in [0.4, 0.5) is 17.5 Å². The number of aromatic nitrogens is 12. The number of imidazole rings is 3. The van der Waals surface area contributed by atoms with Crippen molar-refractivity contribution in [1.82, 2.24) is 78.1 Å². The Labute approximate surface area is 677 Å². The molecule has 4 saturated carbocycles. The standard InChI is InChI=1S/C33H37N7.C32H34N6O.C31H32N6/c1-38-17-19-39(20-18-38)22-23-7-9-26(10-8-23)33-37-30(31-32(34)35-15-16-40(31)33)27-12-11-25-13-14-28(36-29(25)21-27)24-5-3-2-4-6-24;33-31-30-29(26-11-10-24-12-13-27(35-28(24)20-26)23-4-2-1-3-5-23)36-32(38(30)15-14-34-31)25-8-6-22(7-9-25)21-37-16-18-39-19-17-37;32-30-29-28(23-10-9-21-13-16-26(35-27(21)19-23)20-5-2-1-3-6-20)36-31(37(29)18-17-33-30)22-11-14-25(15-12-22)34-24-7-4-8-24/h2-6,11-16,21,23,26H,7-10,17-20,22H2,1H3,(H2,34,35);1-5,10-15,20,22,25H,6-9,16-19,21H2,(H2,33,34);1-3,5-6,9-10,13,16-19,22,24-25,34H,4,7-8,11-12,14-15H2,(H2,32,33). The van der Waals surface area contributed by atoms with E-state index in [4.69, 9.17) is 51.8 Å². The number of anilines is 3. The molecular formula is C96H103N19O. The maximum atomic E-state index is 6.49. The quantitative estimate of drug-likeness (QED) is 0.0746. The van der Waals surface area contributed by atoms with Crippen LogP contribution in [0.5, 0.6) is 0 Å². The lowest BCUT2D eigenvalue weighted by Gasteiger charge is -2.36. The van der Waals surface area contributed by atoms with Gasteiger partial charge in [0, 0.05) is 169 Å². The zero-order valence-electron chi connectivity index (χ0n) is 66.4. The second kappa shape index (κ2) is 33.4. The third-order valence-corrected chi connectivity index (χ3v) is 25.8. The Hall–Kier alpha value is -11.4. The van der Waals surface area contributed by atoms with E-state index < -0.39 is 0 Å². The molecule has 15 aromatic rings. The summed E-state index contributed by atoms with van der Waals surface area (Å²) in [7, 11) is 2.23. The van der Waals surface area contributed by atoms with E-state index in [0.29, 0.717) is 41.2 Å². The van der Waals surface area contributed by atoms with E-state index in [2.05, 4.69) is 183 Å². The monoisotopic (exact) mass is 1540 g/mol. The van der Waals surface area contributed by atoms with E-state index >= 15 is 0 Å². The highest BCUT2D eigenvalue weighted by Crippen LogP contribution is 2.44. The molecule has 6 aromatic carbocycles. The number of likely N-dealkylation sites (N-methyl/N-ethyl adjacent to an activating group) is 1. The number of hydrogen-bond donors (Lipinski definition) is 4. The third-order valence-electron chi connectivity index (χ3n) is 25.8. The van der Waals surface area contributed by atoms with Crippen molar-refractivity contribution in [2.75, 3.05) is 89.8 Å². The minimum Gasteiger partial charge on any atom is -0.382 e. The van der Waals surface area contributed by atoms with Crippen LogP contribution in [0.25, 0.3) is 117 Å². The highest BCUT2D eigenvalue weighted by molar-refractivity contribution is 5.94. The number of pyridine rings is 3. The zero-order chi connectivity index (χ0) is 78.0. The molecule has 6 fully saturated rings. The van der Waals surface area contributed by atoms with Crippen LogP contribution in [-0.4, -0.2) is 157 Å². The van der Waals surface area contributed by atoms with Gasteiger partial charge in [-0.3, -0.25) is 18.1 Å². The van der Waals surface area contributed by atoms with Crippen LogP contribution in [0.15, 0.2) is 219 Å². The first-order valence-electron chi connectivity index (χ1n) is 42.3. The molecule has 2 aliphatic heterocycles. The molecule has 7 N–H and O–H groups in total. The van der Waals surface area contributed by atoms with Crippen LogP contribution in [-0.2, 0) is 4.74 Å². The van der Waals surface area contributed by atoms with Gasteiger partial charge in [0.05, 0.1) is 46.8 Å². The summed E-state index contributed by atoms with van der Waals surface area (Å²) < 4.78 is 12.1. The number of nitrogens with zero attached hydrogens (tertiary/aromatic N) is 15. The number of rotatable bonds is 15. The summed E-state index contributed by atoms with van der Waals surface area (Å²) in [6, 6.07) is 64.2. The Morgan fingerprint density at radius 2 is 0.690 bits per heavy atom. The summed E-state index contributed by atoms with van der Waals surface area (Å²) in [5.74, 6) is 7.66. The molecule has 6 aliphatic rings. The van der Waals surface area contributed by atoms with Crippen LogP contribution in [0.2, 0.25) is 0 Å². The lowest BCUT2D eigenvalue weighted by atomic mass is 9.81. The minimum atomic E-state index is 0.414. The van der Waals surface area contributed by atoms with Crippen molar-refractivity contribution < 1.29 is 4.74 Å². The molecule has 0 radical (unpaired) electrons. The second-order valence-electron chi connectivity index (χ2n) is 33.3. The zero-order valence-corrected chi connectivity index (χ0v) is 66.4. The summed E-state index contributed by atoms with van der Waals surface area (Å²) in [6.07, 6.45) is 29.8. The normalized spacial score (nSPS) is 20.6. The van der Waals surface area contributed by atoms with E-state index in [1.807, 2.05) is 73.2 Å². The smallest absolute Gasteiger partial charge is 0.150 e. The number of nitrogens with one attached hydrogen (secondary N) is 1. The first-order valence-corrected chi connectivity index (χ1v) is 42.3. The van der Waals surface area contributed by atoms with Crippen molar-refractivity contribution in [2.45, 2.75) is 126 Å². The Kier molecular flexibility index (Phi) is 21.5. The topological polar surface area (TPSA) is 238 Å². The van der Waals surface area contributed by atoms with E-state index in [-0.39, 0.29) is 0 Å². The molecule has 2 saturated heterocycles. The van der Waals surface area contributed by atoms with Gasteiger partial charge in [-0.05, 0) is 145 Å². The molecule has 116 heavy (non-hydrogen) atoms. The number of morpholine rings is 1.